The van der Waals surface area contributed by atoms with Crippen LogP contribution in [0.5, 0.6) is 0 Å². The molecule has 2 aromatic rings. The zero-order valence-corrected chi connectivity index (χ0v) is 12.6. The van der Waals surface area contributed by atoms with Crippen LogP contribution in [0, 0.1) is 6.92 Å². The maximum absolute atomic E-state index is 12.2. The number of benzene rings is 1. The van der Waals surface area contributed by atoms with Gasteiger partial charge in [-0.25, -0.2) is 0 Å². The summed E-state index contributed by atoms with van der Waals surface area (Å²) in [6.45, 7) is 3.83. The van der Waals surface area contributed by atoms with Crippen LogP contribution in [0.2, 0.25) is 5.02 Å². The third-order valence-electron chi connectivity index (χ3n) is 3.10. The number of nitrogens with zero attached hydrogens (tertiary/aromatic N) is 2. The third kappa shape index (κ3) is 3.39. The fourth-order valence-electron chi connectivity index (χ4n) is 2.17. The molecule has 5 heteroatoms. The Kier molecular flexibility index (Phi) is 4.45. The van der Waals surface area contributed by atoms with E-state index < -0.39 is 0 Å². The standard InChI is InChI=1S/C15H18ClN3O/c1-10(8-12-6-4-5-7-13(12)16)17-15(20)14-9-11(2)18-19(14)3/h4-7,9-10H,8H2,1-3H3,(H,17,20). The van der Waals surface area contributed by atoms with Gasteiger partial charge in [-0.1, -0.05) is 29.8 Å². The first-order valence-electron chi connectivity index (χ1n) is 6.52. The molecular formula is C15H18ClN3O. The second-order valence-electron chi connectivity index (χ2n) is 4.96. The van der Waals surface area contributed by atoms with Crippen LogP contribution in [0.25, 0.3) is 0 Å². The lowest BCUT2D eigenvalue weighted by atomic mass is 10.1. The number of hydrogen-bond donors (Lipinski definition) is 1. The molecule has 1 amide bonds. The molecule has 0 saturated heterocycles. The summed E-state index contributed by atoms with van der Waals surface area (Å²) in [5, 5.41) is 7.87. The smallest absolute Gasteiger partial charge is 0.269 e. The zero-order chi connectivity index (χ0) is 14.7. The highest BCUT2D eigenvalue weighted by molar-refractivity contribution is 6.31. The number of halogens is 1. The Morgan fingerprint density at radius 2 is 2.15 bits per heavy atom. The minimum absolute atomic E-state index is 0.00222. The monoisotopic (exact) mass is 291 g/mol. The van der Waals surface area contributed by atoms with Gasteiger partial charge in [0.25, 0.3) is 5.91 Å². The predicted molar refractivity (Wildman–Crippen MR) is 80.0 cm³/mol. The maximum atomic E-state index is 12.2. The highest BCUT2D eigenvalue weighted by atomic mass is 35.5. The van der Waals surface area contributed by atoms with Crippen LogP contribution >= 0.6 is 11.6 Å². The van der Waals surface area contributed by atoms with Crippen LogP contribution in [0.4, 0.5) is 0 Å². The lowest BCUT2D eigenvalue weighted by Gasteiger charge is -2.14. The molecule has 0 aliphatic rings. The van der Waals surface area contributed by atoms with E-state index in [0.717, 1.165) is 16.3 Å². The predicted octanol–water partition coefficient (Wildman–Crippen LogP) is 2.74. The van der Waals surface area contributed by atoms with Gasteiger partial charge < -0.3 is 5.32 Å². The summed E-state index contributed by atoms with van der Waals surface area (Å²) in [5.74, 6) is -0.118. The van der Waals surface area contributed by atoms with Gasteiger partial charge in [0.05, 0.1) is 5.69 Å². The Hall–Kier alpha value is -1.81. The number of rotatable bonds is 4. The second-order valence-corrected chi connectivity index (χ2v) is 5.37. The summed E-state index contributed by atoms with van der Waals surface area (Å²) in [6.07, 6.45) is 0.697. The Balaban J connectivity index is 2.01. The molecule has 1 aromatic heterocycles. The first kappa shape index (κ1) is 14.6. The lowest BCUT2D eigenvalue weighted by molar-refractivity contribution is 0.0930. The molecule has 0 spiro atoms. The van der Waals surface area contributed by atoms with Crippen molar-refractivity contribution >= 4 is 17.5 Å². The quantitative estimate of drug-likeness (QED) is 0.941. The van der Waals surface area contributed by atoms with Crippen molar-refractivity contribution in [2.24, 2.45) is 7.05 Å². The molecule has 0 aliphatic heterocycles. The van der Waals surface area contributed by atoms with E-state index in [9.17, 15) is 4.79 Å². The van der Waals surface area contributed by atoms with E-state index in [1.165, 1.54) is 0 Å². The van der Waals surface area contributed by atoms with Crippen molar-refractivity contribution in [1.82, 2.24) is 15.1 Å². The fraction of sp³-hybridized carbons (Fsp3) is 0.333. The number of aryl methyl sites for hydroxylation is 2. The molecule has 1 aromatic carbocycles. The highest BCUT2D eigenvalue weighted by Gasteiger charge is 2.15. The van der Waals surface area contributed by atoms with Crippen LogP contribution < -0.4 is 5.32 Å². The van der Waals surface area contributed by atoms with Crippen molar-refractivity contribution in [3.63, 3.8) is 0 Å². The topological polar surface area (TPSA) is 46.9 Å². The van der Waals surface area contributed by atoms with Crippen molar-refractivity contribution in [3.05, 3.63) is 52.3 Å². The molecule has 2 rings (SSSR count). The summed E-state index contributed by atoms with van der Waals surface area (Å²) in [5.41, 5.74) is 2.42. The first-order chi connectivity index (χ1) is 9.47. The van der Waals surface area contributed by atoms with Gasteiger partial charge in [0, 0.05) is 18.1 Å². The number of carbonyl (C=O) groups is 1. The summed E-state index contributed by atoms with van der Waals surface area (Å²) in [6, 6.07) is 9.44. The molecule has 1 atom stereocenters. The van der Waals surface area contributed by atoms with Crippen molar-refractivity contribution in [2.45, 2.75) is 26.3 Å². The molecule has 0 bridgehead atoms. The van der Waals surface area contributed by atoms with Gasteiger partial charge in [-0.2, -0.15) is 5.10 Å². The summed E-state index contributed by atoms with van der Waals surface area (Å²) in [7, 11) is 1.76. The van der Waals surface area contributed by atoms with Crippen LogP contribution in [0.15, 0.2) is 30.3 Å². The molecule has 20 heavy (non-hydrogen) atoms. The molecule has 4 nitrogen and oxygen atoms in total. The van der Waals surface area contributed by atoms with Crippen LogP contribution in [-0.4, -0.2) is 21.7 Å². The van der Waals surface area contributed by atoms with Crippen LogP contribution in [0.3, 0.4) is 0 Å². The van der Waals surface area contributed by atoms with Gasteiger partial charge in [-0.05, 0) is 38.0 Å². The van der Waals surface area contributed by atoms with Gasteiger partial charge in [-0.15, -0.1) is 0 Å². The molecule has 0 radical (unpaired) electrons. The molecule has 0 fully saturated rings. The number of hydrogen-bond acceptors (Lipinski definition) is 2. The van der Waals surface area contributed by atoms with Gasteiger partial charge >= 0.3 is 0 Å². The Labute approximate surface area is 123 Å². The molecule has 1 heterocycles. The third-order valence-corrected chi connectivity index (χ3v) is 3.46. The number of aromatic nitrogens is 2. The summed E-state index contributed by atoms with van der Waals surface area (Å²) >= 11 is 6.12. The second kappa shape index (κ2) is 6.09. The molecule has 0 saturated carbocycles. The average molecular weight is 292 g/mol. The summed E-state index contributed by atoms with van der Waals surface area (Å²) in [4.78, 5) is 12.2. The van der Waals surface area contributed by atoms with E-state index in [4.69, 9.17) is 11.6 Å². The van der Waals surface area contributed by atoms with E-state index >= 15 is 0 Å². The number of nitrogens with one attached hydrogen (secondary N) is 1. The number of amides is 1. The van der Waals surface area contributed by atoms with Crippen molar-refractivity contribution in [1.29, 1.82) is 0 Å². The SMILES string of the molecule is Cc1cc(C(=O)NC(C)Cc2ccccc2Cl)n(C)n1. The van der Waals surface area contributed by atoms with Gasteiger partial charge in [-0.3, -0.25) is 9.48 Å². The van der Waals surface area contributed by atoms with Crippen molar-refractivity contribution in [3.8, 4) is 0 Å². The minimum Gasteiger partial charge on any atom is -0.348 e. The van der Waals surface area contributed by atoms with E-state index in [1.807, 2.05) is 38.1 Å². The van der Waals surface area contributed by atoms with E-state index in [-0.39, 0.29) is 11.9 Å². The van der Waals surface area contributed by atoms with Crippen molar-refractivity contribution < 1.29 is 4.79 Å². The van der Waals surface area contributed by atoms with E-state index in [1.54, 1.807) is 17.8 Å². The molecule has 1 N–H and O–H groups in total. The number of carbonyl (C=O) groups excluding carboxylic acids is 1. The molecule has 106 valence electrons. The zero-order valence-electron chi connectivity index (χ0n) is 11.9. The van der Waals surface area contributed by atoms with E-state index in [0.29, 0.717) is 12.1 Å². The molecular weight excluding hydrogens is 274 g/mol. The summed E-state index contributed by atoms with van der Waals surface area (Å²) < 4.78 is 1.59. The first-order valence-corrected chi connectivity index (χ1v) is 6.90. The normalized spacial score (nSPS) is 12.2. The van der Waals surface area contributed by atoms with E-state index in [2.05, 4.69) is 10.4 Å². The van der Waals surface area contributed by atoms with Gasteiger partial charge in [0.1, 0.15) is 5.69 Å². The van der Waals surface area contributed by atoms with Gasteiger partial charge in [0.2, 0.25) is 0 Å². The van der Waals surface area contributed by atoms with Gasteiger partial charge in [0.15, 0.2) is 0 Å². The van der Waals surface area contributed by atoms with Crippen molar-refractivity contribution in [2.75, 3.05) is 0 Å². The fourth-order valence-corrected chi connectivity index (χ4v) is 2.38. The lowest BCUT2D eigenvalue weighted by Crippen LogP contribution is -2.35. The average Bonchev–Trinajstić information content (AvgIpc) is 2.71. The molecule has 1 unspecified atom stereocenters. The Morgan fingerprint density at radius 3 is 2.75 bits per heavy atom. The minimum atomic E-state index is -0.118. The Morgan fingerprint density at radius 1 is 1.45 bits per heavy atom. The van der Waals surface area contributed by atoms with Crippen LogP contribution in [0.1, 0.15) is 28.7 Å². The Bertz CT molecular complexity index is 621. The van der Waals surface area contributed by atoms with Crippen LogP contribution in [-0.2, 0) is 13.5 Å². The maximum Gasteiger partial charge on any atom is 0.269 e. The largest absolute Gasteiger partial charge is 0.348 e. The molecule has 0 aliphatic carbocycles. The highest BCUT2D eigenvalue weighted by Crippen LogP contribution is 2.16.